The summed E-state index contributed by atoms with van der Waals surface area (Å²) >= 11 is 0. The van der Waals surface area contributed by atoms with Gasteiger partial charge in [-0.1, -0.05) is 61.2 Å². The maximum atomic E-state index is 13.7. The number of nitrogens with zero attached hydrogens (tertiary/aromatic N) is 6. The quantitative estimate of drug-likeness (QED) is 0.312. The van der Waals surface area contributed by atoms with E-state index in [1.807, 2.05) is 64.6 Å². The molecule has 1 unspecified atom stereocenters. The van der Waals surface area contributed by atoms with Gasteiger partial charge in [0.2, 0.25) is 5.96 Å². The van der Waals surface area contributed by atoms with Crippen molar-refractivity contribution in [1.82, 2.24) is 20.3 Å². The molecule has 2 aromatic carbocycles. The molecule has 0 fully saturated rings. The number of nitrogens with one attached hydrogen (secondary N) is 1. The van der Waals surface area contributed by atoms with Gasteiger partial charge < -0.3 is 0 Å². The molecule has 1 N–H and O–H groups in total. The fourth-order valence-electron chi connectivity index (χ4n) is 5.60. The summed E-state index contributed by atoms with van der Waals surface area (Å²) in [6.07, 6.45) is 2.86. The number of hydrazine groups is 2. The number of likely N-dealkylation sites (N-methyl/N-ethyl adjacent to an activating group) is 1. The zero-order chi connectivity index (χ0) is 29.6. The number of allylic oxidation sites excluding steroid dienone is 3. The van der Waals surface area contributed by atoms with Crippen LogP contribution in [0.15, 0.2) is 112 Å². The molecule has 8 nitrogen and oxygen atoms in total. The van der Waals surface area contributed by atoms with Gasteiger partial charge in [0, 0.05) is 19.7 Å². The van der Waals surface area contributed by atoms with Crippen LogP contribution in [-0.4, -0.2) is 71.3 Å². The van der Waals surface area contributed by atoms with E-state index in [0.29, 0.717) is 35.9 Å². The van der Waals surface area contributed by atoms with Gasteiger partial charge in [0.25, 0.3) is 5.91 Å². The van der Waals surface area contributed by atoms with Gasteiger partial charge in [-0.05, 0) is 41.8 Å². The molecule has 2 atom stereocenters. The van der Waals surface area contributed by atoms with Gasteiger partial charge in [0.05, 0.1) is 42.1 Å². The highest BCUT2D eigenvalue weighted by molar-refractivity contribution is 6.10. The number of fused-ring (bicyclic) bond motifs is 4. The number of hydrogen-bond acceptors (Lipinski definition) is 7. The van der Waals surface area contributed by atoms with Crippen LogP contribution >= 0.6 is 0 Å². The molecule has 4 aliphatic rings. The fourth-order valence-corrected chi connectivity index (χ4v) is 5.60. The molecule has 0 aromatic heterocycles. The summed E-state index contributed by atoms with van der Waals surface area (Å²) in [5, 5.41) is 3.91. The molecule has 0 saturated heterocycles. The highest BCUT2D eigenvalue weighted by Gasteiger charge is 2.49. The van der Waals surface area contributed by atoms with Crippen molar-refractivity contribution in [3.63, 3.8) is 0 Å². The van der Waals surface area contributed by atoms with E-state index in [1.54, 1.807) is 11.9 Å². The van der Waals surface area contributed by atoms with Crippen molar-refractivity contribution in [2.45, 2.75) is 31.2 Å². The topological polar surface area (TPSA) is 66.8 Å². The van der Waals surface area contributed by atoms with Crippen molar-refractivity contribution in [2.24, 2.45) is 9.98 Å². The van der Waals surface area contributed by atoms with Gasteiger partial charge in [-0.3, -0.25) is 29.6 Å². The molecular weight excluding hydrogens is 543 g/mol. The number of rotatable bonds is 6. The standard InChI is InChI=1S/C31H30F3N7O/c1-20(31(32,33)34)12-17-25(35-2)22-15-13-21(14-16-22)18-40-28-24(19-39(37-40)23-8-5-4-6-9-23)29(42)38(3)30-36-26-10-7-11-27(26)41(28)30/h4-9,11-17,26-27,37H,1,10,18-19H2,2-3H3/b17-12-,35-25?/t26?,27-/m0/s1. The van der Waals surface area contributed by atoms with E-state index in [1.165, 1.54) is 13.1 Å². The highest BCUT2D eigenvalue weighted by Crippen LogP contribution is 2.38. The van der Waals surface area contributed by atoms with Crippen molar-refractivity contribution in [3.05, 3.63) is 114 Å². The molecule has 0 saturated carbocycles. The number of aliphatic imine (C=N–C) groups is 2. The second kappa shape index (κ2) is 10.6. The molecule has 3 aliphatic heterocycles. The Hall–Kier alpha value is -4.64. The Morgan fingerprint density at radius 2 is 1.88 bits per heavy atom. The summed E-state index contributed by atoms with van der Waals surface area (Å²) in [5.41, 5.74) is 6.14. The highest BCUT2D eigenvalue weighted by atomic mass is 19.4. The Bertz CT molecular complexity index is 1560. The lowest BCUT2D eigenvalue weighted by molar-refractivity contribution is -0.124. The van der Waals surface area contributed by atoms with Crippen molar-refractivity contribution >= 4 is 23.3 Å². The average molecular weight is 574 g/mol. The third kappa shape index (κ3) is 4.89. The molecule has 0 radical (unpaired) electrons. The van der Waals surface area contributed by atoms with Crippen LogP contribution in [-0.2, 0) is 11.3 Å². The number of guanidine groups is 1. The van der Waals surface area contributed by atoms with E-state index < -0.39 is 11.7 Å². The summed E-state index contributed by atoms with van der Waals surface area (Å²) in [5.74, 6) is 1.32. The zero-order valence-corrected chi connectivity index (χ0v) is 23.2. The number of amides is 1. The molecular formula is C31H30F3N7O. The van der Waals surface area contributed by atoms with E-state index in [-0.39, 0.29) is 18.0 Å². The van der Waals surface area contributed by atoms with Crippen LogP contribution < -0.4 is 10.5 Å². The first-order valence-corrected chi connectivity index (χ1v) is 13.6. The van der Waals surface area contributed by atoms with E-state index in [2.05, 4.69) is 34.2 Å². The van der Waals surface area contributed by atoms with Crippen molar-refractivity contribution < 1.29 is 18.0 Å². The van der Waals surface area contributed by atoms with Gasteiger partial charge in [-0.2, -0.15) is 13.2 Å². The van der Waals surface area contributed by atoms with Crippen LogP contribution in [0.1, 0.15) is 17.5 Å². The third-order valence-electron chi connectivity index (χ3n) is 7.78. The van der Waals surface area contributed by atoms with Crippen LogP contribution in [0.3, 0.4) is 0 Å². The molecule has 0 bridgehead atoms. The number of anilines is 1. The van der Waals surface area contributed by atoms with E-state index in [0.717, 1.165) is 29.6 Å². The van der Waals surface area contributed by atoms with Crippen LogP contribution in [0.25, 0.3) is 0 Å². The number of alkyl halides is 3. The lowest BCUT2D eigenvalue weighted by atomic mass is 10.0. The first kappa shape index (κ1) is 27.5. The molecule has 1 amide bonds. The molecule has 0 spiro atoms. The Kier molecular flexibility index (Phi) is 6.97. The third-order valence-corrected chi connectivity index (χ3v) is 7.78. The minimum atomic E-state index is -4.49. The van der Waals surface area contributed by atoms with Crippen LogP contribution in [0.2, 0.25) is 0 Å². The second-order valence-corrected chi connectivity index (χ2v) is 10.5. The van der Waals surface area contributed by atoms with Crippen LogP contribution in [0.5, 0.6) is 0 Å². The maximum Gasteiger partial charge on any atom is 0.415 e. The Morgan fingerprint density at radius 3 is 2.57 bits per heavy atom. The summed E-state index contributed by atoms with van der Waals surface area (Å²) < 4.78 is 38.7. The van der Waals surface area contributed by atoms with Gasteiger partial charge in [0.1, 0.15) is 5.82 Å². The van der Waals surface area contributed by atoms with Gasteiger partial charge in [-0.15, -0.1) is 5.53 Å². The maximum absolute atomic E-state index is 13.7. The summed E-state index contributed by atoms with van der Waals surface area (Å²) in [7, 11) is 3.30. The average Bonchev–Trinajstić information content (AvgIpc) is 3.59. The Labute approximate surface area is 242 Å². The van der Waals surface area contributed by atoms with Gasteiger partial charge in [0.15, 0.2) is 0 Å². The number of carbonyl (C=O) groups excluding carboxylic acids is 1. The van der Waals surface area contributed by atoms with Gasteiger partial charge >= 0.3 is 6.18 Å². The Morgan fingerprint density at radius 1 is 1.14 bits per heavy atom. The molecule has 42 heavy (non-hydrogen) atoms. The smallest absolute Gasteiger partial charge is 0.288 e. The van der Waals surface area contributed by atoms with E-state index >= 15 is 0 Å². The minimum absolute atomic E-state index is 0.0251. The first-order valence-electron chi connectivity index (χ1n) is 13.6. The summed E-state index contributed by atoms with van der Waals surface area (Å²) in [6.45, 7) is 3.86. The molecule has 2 aromatic rings. The zero-order valence-electron chi connectivity index (χ0n) is 23.2. The molecule has 11 heteroatoms. The predicted octanol–water partition coefficient (Wildman–Crippen LogP) is 4.57. The largest absolute Gasteiger partial charge is 0.415 e. The van der Waals surface area contributed by atoms with Crippen molar-refractivity contribution in [2.75, 3.05) is 25.6 Å². The number of halogens is 3. The summed E-state index contributed by atoms with van der Waals surface area (Å²) in [6, 6.07) is 17.3. The van der Waals surface area contributed by atoms with Crippen LogP contribution in [0.4, 0.5) is 18.9 Å². The lowest BCUT2D eigenvalue weighted by Gasteiger charge is -2.48. The molecule has 216 valence electrons. The first-order chi connectivity index (χ1) is 20.2. The van der Waals surface area contributed by atoms with E-state index in [9.17, 15) is 18.0 Å². The number of benzene rings is 2. The Balaban J connectivity index is 1.32. The van der Waals surface area contributed by atoms with E-state index in [4.69, 9.17) is 4.99 Å². The van der Waals surface area contributed by atoms with Crippen molar-refractivity contribution in [1.29, 1.82) is 0 Å². The molecule has 3 heterocycles. The molecule has 1 aliphatic carbocycles. The molecule has 6 rings (SSSR count). The predicted molar refractivity (Wildman–Crippen MR) is 156 cm³/mol. The number of para-hydroxylation sites is 1. The lowest BCUT2D eigenvalue weighted by Crippen LogP contribution is -2.64. The monoisotopic (exact) mass is 573 g/mol. The van der Waals surface area contributed by atoms with Crippen molar-refractivity contribution in [3.8, 4) is 0 Å². The fraction of sp³-hybridized carbons (Fsp3) is 0.258. The minimum Gasteiger partial charge on any atom is -0.288 e. The number of carbonyl (C=O) groups is 1. The van der Waals surface area contributed by atoms with Crippen LogP contribution in [0, 0.1) is 0 Å². The summed E-state index contributed by atoms with van der Waals surface area (Å²) in [4.78, 5) is 26.5. The van der Waals surface area contributed by atoms with Gasteiger partial charge in [-0.25, -0.2) is 4.99 Å². The second-order valence-electron chi connectivity index (χ2n) is 10.5. The normalized spacial score (nSPS) is 22.2. The number of hydrogen-bond donors (Lipinski definition) is 1. The SMILES string of the molecule is C=C(/C=C\C(=NC)c1ccc(CN2NN(c3ccccc3)CC3=C2N2C(=NC4CC=C[C@@H]42)N(C)C3=O)cc1)C(F)(F)F.